The molecule has 3 rings (SSSR count). The summed E-state index contributed by atoms with van der Waals surface area (Å²) in [4.78, 5) is 24.0. The highest BCUT2D eigenvalue weighted by Gasteiger charge is 2.37. The molecule has 0 aromatic heterocycles. The molecule has 2 aromatic rings. The van der Waals surface area contributed by atoms with Gasteiger partial charge in [-0.05, 0) is 42.5 Å². The van der Waals surface area contributed by atoms with Crippen LogP contribution in [0, 0.1) is 23.1 Å². The Hall–Kier alpha value is -2.97. The average molecular weight is 380 g/mol. The lowest BCUT2D eigenvalue weighted by Gasteiger charge is -2.35. The second-order valence-electron chi connectivity index (χ2n) is 7.09. The molecular formula is C23H21FO4. The van der Waals surface area contributed by atoms with E-state index in [0.717, 1.165) is 0 Å². The number of hydrogen-bond donors (Lipinski definition) is 1. The van der Waals surface area contributed by atoms with Crippen LogP contribution in [0.15, 0.2) is 48.5 Å². The van der Waals surface area contributed by atoms with E-state index < -0.39 is 11.4 Å². The van der Waals surface area contributed by atoms with Crippen molar-refractivity contribution in [1.29, 1.82) is 0 Å². The fraction of sp³-hybridized carbons (Fsp3) is 0.304. The van der Waals surface area contributed by atoms with Gasteiger partial charge in [0.2, 0.25) is 0 Å². The van der Waals surface area contributed by atoms with E-state index in [9.17, 15) is 19.1 Å². The van der Waals surface area contributed by atoms with Gasteiger partial charge >= 0.3 is 5.97 Å². The molecule has 0 unspecified atom stereocenters. The number of aliphatic carboxylic acids is 1. The van der Waals surface area contributed by atoms with Gasteiger partial charge in [0.1, 0.15) is 5.82 Å². The molecule has 1 aliphatic rings. The van der Waals surface area contributed by atoms with E-state index in [1.165, 1.54) is 6.07 Å². The first-order valence-corrected chi connectivity index (χ1v) is 9.17. The van der Waals surface area contributed by atoms with Crippen LogP contribution in [-0.2, 0) is 9.53 Å². The highest BCUT2D eigenvalue weighted by Crippen LogP contribution is 2.38. The number of rotatable bonds is 5. The monoisotopic (exact) mass is 380 g/mol. The summed E-state index contributed by atoms with van der Waals surface area (Å²) in [5, 5.41) is 9.23. The minimum absolute atomic E-state index is 0.0334. The van der Waals surface area contributed by atoms with Gasteiger partial charge in [0.05, 0.1) is 12.0 Å². The Bertz CT molecular complexity index is 916. The van der Waals surface area contributed by atoms with Crippen molar-refractivity contribution < 1.29 is 23.8 Å². The summed E-state index contributed by atoms with van der Waals surface area (Å²) in [5.74, 6) is 4.32. The Morgan fingerprint density at radius 2 is 1.68 bits per heavy atom. The zero-order valence-corrected chi connectivity index (χ0v) is 15.4. The molecule has 0 spiro atoms. The smallest absolute Gasteiger partial charge is 0.303 e. The zero-order chi connectivity index (χ0) is 20.0. The van der Waals surface area contributed by atoms with Crippen LogP contribution in [-0.4, -0.2) is 30.1 Å². The third-order valence-corrected chi connectivity index (χ3v) is 5.04. The van der Waals surface area contributed by atoms with Gasteiger partial charge in [0.25, 0.3) is 0 Å². The van der Waals surface area contributed by atoms with Crippen molar-refractivity contribution in [3.63, 3.8) is 0 Å². The molecule has 1 saturated heterocycles. The van der Waals surface area contributed by atoms with Crippen LogP contribution in [0.25, 0.3) is 0 Å². The Kier molecular flexibility index (Phi) is 6.23. The van der Waals surface area contributed by atoms with Crippen molar-refractivity contribution in [2.45, 2.75) is 25.7 Å². The van der Waals surface area contributed by atoms with E-state index in [-0.39, 0.29) is 24.4 Å². The number of halogens is 1. The predicted molar refractivity (Wildman–Crippen MR) is 103 cm³/mol. The van der Waals surface area contributed by atoms with Crippen LogP contribution >= 0.6 is 0 Å². The van der Waals surface area contributed by atoms with Gasteiger partial charge in [-0.3, -0.25) is 9.59 Å². The van der Waals surface area contributed by atoms with Gasteiger partial charge in [-0.1, -0.05) is 36.1 Å². The first-order chi connectivity index (χ1) is 13.5. The Morgan fingerprint density at radius 3 is 2.32 bits per heavy atom. The third kappa shape index (κ3) is 5.05. The van der Waals surface area contributed by atoms with E-state index >= 15 is 0 Å². The van der Waals surface area contributed by atoms with Crippen LogP contribution in [0.4, 0.5) is 4.39 Å². The average Bonchev–Trinajstić information content (AvgIpc) is 2.68. The molecule has 4 nitrogen and oxygen atoms in total. The summed E-state index contributed by atoms with van der Waals surface area (Å²) in [6.07, 6.45) is 1.28. The summed E-state index contributed by atoms with van der Waals surface area (Å²) in [5.41, 5.74) is 0.960. The Balaban J connectivity index is 1.71. The van der Waals surface area contributed by atoms with Crippen LogP contribution in [0.3, 0.4) is 0 Å². The van der Waals surface area contributed by atoms with Gasteiger partial charge in [-0.15, -0.1) is 0 Å². The molecule has 0 aliphatic carbocycles. The zero-order valence-electron chi connectivity index (χ0n) is 15.4. The van der Waals surface area contributed by atoms with Crippen molar-refractivity contribution in [2.24, 2.45) is 5.41 Å². The number of ketones is 1. The van der Waals surface area contributed by atoms with Crippen molar-refractivity contribution in [3.8, 4) is 11.8 Å². The number of carboxylic acid groups (broad SMARTS) is 1. The first-order valence-electron chi connectivity index (χ1n) is 9.17. The molecule has 5 heteroatoms. The molecule has 0 radical (unpaired) electrons. The van der Waals surface area contributed by atoms with Gasteiger partial charge in [-0.2, -0.15) is 0 Å². The second-order valence-corrected chi connectivity index (χ2v) is 7.09. The largest absolute Gasteiger partial charge is 0.481 e. The van der Waals surface area contributed by atoms with Crippen LogP contribution in [0.2, 0.25) is 0 Å². The minimum Gasteiger partial charge on any atom is -0.481 e. The number of ether oxygens (including phenoxy) is 1. The van der Waals surface area contributed by atoms with Crippen molar-refractivity contribution in [2.75, 3.05) is 13.2 Å². The van der Waals surface area contributed by atoms with Crippen molar-refractivity contribution in [3.05, 3.63) is 71.0 Å². The topological polar surface area (TPSA) is 63.6 Å². The molecule has 0 amide bonds. The molecule has 1 heterocycles. The van der Waals surface area contributed by atoms with Crippen molar-refractivity contribution in [1.82, 2.24) is 0 Å². The number of Topliss-reactive ketones (excluding diaryl/α,β-unsaturated/α-hetero) is 1. The Labute approximate surface area is 163 Å². The molecular weight excluding hydrogens is 359 g/mol. The molecule has 0 bridgehead atoms. The number of carboxylic acids is 1. The van der Waals surface area contributed by atoms with Crippen LogP contribution < -0.4 is 0 Å². The fourth-order valence-electron chi connectivity index (χ4n) is 3.43. The molecule has 1 N–H and O–H groups in total. The first kappa shape index (κ1) is 19.8. The van der Waals surface area contributed by atoms with Gasteiger partial charge in [-0.25, -0.2) is 4.39 Å². The highest BCUT2D eigenvalue weighted by molar-refractivity contribution is 5.96. The number of hydrogen-bond acceptors (Lipinski definition) is 3. The molecule has 28 heavy (non-hydrogen) atoms. The molecule has 0 saturated carbocycles. The number of benzene rings is 2. The van der Waals surface area contributed by atoms with Crippen LogP contribution in [0.1, 0.15) is 47.2 Å². The number of carbonyl (C=O) groups is 2. The summed E-state index contributed by atoms with van der Waals surface area (Å²) in [7, 11) is 0. The fourth-order valence-corrected chi connectivity index (χ4v) is 3.43. The van der Waals surface area contributed by atoms with E-state index in [1.807, 2.05) is 0 Å². The van der Waals surface area contributed by atoms with E-state index in [1.54, 1.807) is 42.5 Å². The highest BCUT2D eigenvalue weighted by atomic mass is 19.1. The number of carbonyl (C=O) groups excluding carboxylic acids is 1. The second kappa shape index (κ2) is 8.81. The third-order valence-electron chi connectivity index (χ3n) is 5.04. The molecule has 2 aromatic carbocycles. The summed E-state index contributed by atoms with van der Waals surface area (Å²) in [6, 6.07) is 13.1. The minimum atomic E-state index is -0.895. The standard InChI is InChI=1S/C23H21FO4/c24-20-4-2-1-3-18(20)8-5-17-6-9-19(10-7-17)21(25)15-23(16-22(26)27)11-13-28-14-12-23/h1-4,6-7,9-10H,11-16H2,(H,26,27). The van der Waals surface area contributed by atoms with Gasteiger partial charge in [0.15, 0.2) is 5.78 Å². The van der Waals surface area contributed by atoms with Gasteiger partial charge < -0.3 is 9.84 Å². The Morgan fingerprint density at radius 1 is 1.00 bits per heavy atom. The molecule has 144 valence electrons. The maximum atomic E-state index is 13.6. The molecule has 0 atom stereocenters. The maximum Gasteiger partial charge on any atom is 0.303 e. The van der Waals surface area contributed by atoms with Crippen molar-refractivity contribution >= 4 is 11.8 Å². The maximum absolute atomic E-state index is 13.6. The van der Waals surface area contributed by atoms with Gasteiger partial charge in [0, 0.05) is 30.8 Å². The quantitative estimate of drug-likeness (QED) is 0.627. The van der Waals surface area contributed by atoms with E-state index in [0.29, 0.717) is 42.7 Å². The van der Waals surface area contributed by atoms with Crippen LogP contribution in [0.5, 0.6) is 0 Å². The lowest BCUT2D eigenvalue weighted by Crippen LogP contribution is -2.34. The summed E-state index contributed by atoms with van der Waals surface area (Å²) in [6.45, 7) is 0.955. The molecule has 1 aliphatic heterocycles. The summed E-state index contributed by atoms with van der Waals surface area (Å²) >= 11 is 0. The normalized spacial score (nSPS) is 15.3. The SMILES string of the molecule is O=C(O)CC1(CC(=O)c2ccc(C#Cc3ccccc3F)cc2)CCOCC1. The van der Waals surface area contributed by atoms with E-state index in [2.05, 4.69) is 11.8 Å². The predicted octanol–water partition coefficient (Wildman–Crippen LogP) is 4.07. The summed E-state index contributed by atoms with van der Waals surface area (Å²) < 4.78 is 18.9. The van der Waals surface area contributed by atoms with E-state index in [4.69, 9.17) is 4.74 Å². The lowest BCUT2D eigenvalue weighted by molar-refractivity contribution is -0.141. The lowest BCUT2D eigenvalue weighted by atomic mass is 9.73. The molecule has 1 fully saturated rings.